The Morgan fingerprint density at radius 2 is 2.05 bits per heavy atom. The van der Waals surface area contributed by atoms with Gasteiger partial charge in [-0.3, -0.25) is 10.1 Å². The Morgan fingerprint density at radius 1 is 1.37 bits per heavy atom. The minimum absolute atomic E-state index is 0.00219. The van der Waals surface area contributed by atoms with E-state index in [0.29, 0.717) is 5.75 Å². The summed E-state index contributed by atoms with van der Waals surface area (Å²) in [5, 5.41) is 21.1. The zero-order chi connectivity index (χ0) is 13.8. The molecule has 7 heteroatoms. The lowest BCUT2D eigenvalue weighted by Gasteiger charge is -2.01. The Labute approximate surface area is 117 Å². The summed E-state index contributed by atoms with van der Waals surface area (Å²) in [6, 6.07) is 9.41. The molecule has 0 aliphatic heterocycles. The first-order chi connectivity index (χ1) is 9.09. The van der Waals surface area contributed by atoms with Crippen LogP contribution in [-0.4, -0.2) is 16.0 Å². The normalized spacial score (nSPS) is 10.3. The Balaban J connectivity index is 2.25. The topological polar surface area (TPSA) is 80.4 Å². The van der Waals surface area contributed by atoms with Crippen molar-refractivity contribution in [2.45, 2.75) is 10.6 Å². The summed E-state index contributed by atoms with van der Waals surface area (Å²) in [5.74, 6) is -0.640. The van der Waals surface area contributed by atoms with Crippen LogP contribution in [0.25, 0.3) is 0 Å². The van der Waals surface area contributed by atoms with Crippen LogP contribution in [0, 0.1) is 10.1 Å². The number of carboxylic acid groups (broad SMARTS) is 1. The highest BCUT2D eigenvalue weighted by Crippen LogP contribution is 2.39. The van der Waals surface area contributed by atoms with E-state index in [1.54, 1.807) is 0 Å². The van der Waals surface area contributed by atoms with E-state index in [0.717, 1.165) is 16.9 Å². The lowest BCUT2D eigenvalue weighted by molar-refractivity contribution is -0.382. The van der Waals surface area contributed by atoms with Gasteiger partial charge in [0.1, 0.15) is 4.90 Å². The van der Waals surface area contributed by atoms with Crippen molar-refractivity contribution >= 4 is 34.1 Å². The van der Waals surface area contributed by atoms with E-state index in [4.69, 9.17) is 5.11 Å². The number of thioether (sulfide) groups is 1. The fourth-order valence-corrected chi connectivity index (χ4v) is 3.63. The van der Waals surface area contributed by atoms with Crippen LogP contribution in [-0.2, 0) is 5.75 Å². The fourth-order valence-electron chi connectivity index (χ4n) is 1.48. The highest BCUT2D eigenvalue weighted by molar-refractivity contribution is 7.99. The first-order valence-electron chi connectivity index (χ1n) is 5.25. The summed E-state index contributed by atoms with van der Waals surface area (Å²) < 4.78 is 0. The number of aromatic carboxylic acids is 1. The zero-order valence-electron chi connectivity index (χ0n) is 9.61. The molecule has 0 amide bonds. The van der Waals surface area contributed by atoms with Crippen LogP contribution in [0.2, 0.25) is 0 Å². The maximum atomic E-state index is 11.0. The van der Waals surface area contributed by atoms with E-state index in [9.17, 15) is 14.9 Å². The van der Waals surface area contributed by atoms with Crippen molar-refractivity contribution in [1.29, 1.82) is 0 Å². The minimum Gasteiger partial charge on any atom is -0.478 e. The van der Waals surface area contributed by atoms with Gasteiger partial charge in [-0.2, -0.15) is 0 Å². The van der Waals surface area contributed by atoms with Gasteiger partial charge in [0.15, 0.2) is 0 Å². The number of carboxylic acids is 1. The zero-order valence-corrected chi connectivity index (χ0v) is 11.2. The number of thiophene rings is 1. The van der Waals surface area contributed by atoms with E-state index in [-0.39, 0.29) is 15.5 Å². The average molecular weight is 295 g/mol. The Morgan fingerprint density at radius 3 is 2.63 bits per heavy atom. The molecule has 1 heterocycles. The van der Waals surface area contributed by atoms with Crippen molar-refractivity contribution in [3.8, 4) is 0 Å². The molecule has 5 nitrogen and oxygen atoms in total. The molecule has 0 radical (unpaired) electrons. The molecule has 0 saturated carbocycles. The molecule has 0 fully saturated rings. The number of hydrogen-bond acceptors (Lipinski definition) is 5. The molecule has 2 aromatic rings. The van der Waals surface area contributed by atoms with Crippen molar-refractivity contribution in [2.24, 2.45) is 0 Å². The monoisotopic (exact) mass is 295 g/mol. The largest absolute Gasteiger partial charge is 0.478 e. The van der Waals surface area contributed by atoms with E-state index in [1.807, 2.05) is 30.3 Å². The van der Waals surface area contributed by atoms with Crippen molar-refractivity contribution in [2.75, 3.05) is 0 Å². The summed E-state index contributed by atoms with van der Waals surface area (Å²) in [6.45, 7) is 0. The molecular weight excluding hydrogens is 286 g/mol. The minimum atomic E-state index is -1.14. The maximum absolute atomic E-state index is 11.0. The number of hydrogen-bond donors (Lipinski definition) is 1. The lowest BCUT2D eigenvalue weighted by atomic mass is 10.2. The number of nitrogens with zero attached hydrogens (tertiary/aromatic N) is 1. The quantitative estimate of drug-likeness (QED) is 0.517. The predicted molar refractivity (Wildman–Crippen MR) is 73.9 cm³/mol. The Kier molecular flexibility index (Phi) is 4.18. The summed E-state index contributed by atoms with van der Waals surface area (Å²) in [5.41, 5.74) is 0.988. The fraction of sp³-hybridized carbons (Fsp3) is 0.0833. The number of rotatable bonds is 5. The first kappa shape index (κ1) is 13.6. The van der Waals surface area contributed by atoms with Gasteiger partial charge in [0.25, 0.3) is 0 Å². The summed E-state index contributed by atoms with van der Waals surface area (Å²) in [4.78, 5) is 21.6. The molecule has 98 valence electrons. The number of carbonyl (C=O) groups is 1. The van der Waals surface area contributed by atoms with Crippen LogP contribution < -0.4 is 0 Å². The second kappa shape index (κ2) is 5.85. The van der Waals surface area contributed by atoms with E-state index < -0.39 is 10.9 Å². The van der Waals surface area contributed by atoms with Crippen molar-refractivity contribution in [3.63, 3.8) is 0 Å². The third-order valence-electron chi connectivity index (χ3n) is 2.35. The standard InChI is InChI=1S/C12H9NO4S2/c14-12(15)9-7-19-11(13(16)17)10(9)18-6-8-4-2-1-3-5-8/h1-5,7H,6H2,(H,14,15). The molecule has 0 spiro atoms. The van der Waals surface area contributed by atoms with E-state index >= 15 is 0 Å². The third kappa shape index (κ3) is 3.12. The Bertz CT molecular complexity index is 578. The van der Waals surface area contributed by atoms with Gasteiger partial charge in [0.05, 0.1) is 10.5 Å². The highest BCUT2D eigenvalue weighted by Gasteiger charge is 2.25. The lowest BCUT2D eigenvalue weighted by Crippen LogP contribution is -1.97. The summed E-state index contributed by atoms with van der Waals surface area (Å²) in [6.07, 6.45) is 0. The van der Waals surface area contributed by atoms with Crippen molar-refractivity contribution in [1.82, 2.24) is 0 Å². The molecule has 0 bridgehead atoms. The van der Waals surface area contributed by atoms with Crippen LogP contribution in [0.15, 0.2) is 40.6 Å². The molecule has 0 aliphatic rings. The molecule has 1 aromatic carbocycles. The van der Waals surface area contributed by atoms with Crippen molar-refractivity contribution < 1.29 is 14.8 Å². The van der Waals surface area contributed by atoms with Crippen LogP contribution in [0.4, 0.5) is 5.00 Å². The molecule has 1 aromatic heterocycles. The Hall–Kier alpha value is -1.86. The molecule has 19 heavy (non-hydrogen) atoms. The molecular formula is C12H9NO4S2. The van der Waals surface area contributed by atoms with Gasteiger partial charge in [-0.1, -0.05) is 41.7 Å². The molecule has 2 rings (SSSR count). The maximum Gasteiger partial charge on any atom is 0.338 e. The van der Waals surface area contributed by atoms with Gasteiger partial charge in [0.2, 0.25) is 0 Å². The van der Waals surface area contributed by atoms with Gasteiger partial charge < -0.3 is 5.11 Å². The van der Waals surface area contributed by atoms with Gasteiger partial charge in [-0.05, 0) is 5.56 Å². The smallest absolute Gasteiger partial charge is 0.338 e. The third-order valence-corrected chi connectivity index (χ3v) is 4.59. The molecule has 0 aliphatic carbocycles. The van der Waals surface area contributed by atoms with Crippen molar-refractivity contribution in [3.05, 3.63) is 57.0 Å². The first-order valence-corrected chi connectivity index (χ1v) is 7.12. The molecule has 1 N–H and O–H groups in total. The van der Waals surface area contributed by atoms with Gasteiger partial charge in [-0.15, -0.1) is 11.8 Å². The van der Waals surface area contributed by atoms with Crippen LogP contribution in [0.5, 0.6) is 0 Å². The number of benzene rings is 1. The summed E-state index contributed by atoms with van der Waals surface area (Å²) >= 11 is 2.03. The SMILES string of the molecule is O=C(O)c1csc([N+](=O)[O-])c1SCc1ccccc1. The van der Waals surface area contributed by atoms with Crippen LogP contribution >= 0.6 is 23.1 Å². The number of nitro groups is 1. The van der Waals surface area contributed by atoms with Gasteiger partial charge in [0, 0.05) is 11.1 Å². The summed E-state index contributed by atoms with van der Waals surface area (Å²) in [7, 11) is 0. The van der Waals surface area contributed by atoms with Gasteiger partial charge in [-0.25, -0.2) is 4.79 Å². The van der Waals surface area contributed by atoms with E-state index in [2.05, 4.69) is 0 Å². The van der Waals surface area contributed by atoms with Gasteiger partial charge >= 0.3 is 11.0 Å². The second-order valence-corrected chi connectivity index (χ2v) is 5.46. The molecule has 0 unspecified atom stereocenters. The van der Waals surface area contributed by atoms with Crippen LogP contribution in [0.3, 0.4) is 0 Å². The molecule has 0 saturated heterocycles. The predicted octanol–water partition coefficient (Wildman–Crippen LogP) is 3.65. The highest BCUT2D eigenvalue weighted by atomic mass is 32.2. The van der Waals surface area contributed by atoms with Crippen LogP contribution in [0.1, 0.15) is 15.9 Å². The molecule has 0 atom stereocenters. The second-order valence-electron chi connectivity index (χ2n) is 3.62. The average Bonchev–Trinajstić information content (AvgIpc) is 2.81. The van der Waals surface area contributed by atoms with E-state index in [1.165, 1.54) is 17.1 Å².